The number of halogens is 5. The van der Waals surface area contributed by atoms with Crippen molar-refractivity contribution in [1.29, 1.82) is 0 Å². The number of alkyl halides is 3. The van der Waals surface area contributed by atoms with E-state index in [1.54, 1.807) is 0 Å². The van der Waals surface area contributed by atoms with Gasteiger partial charge in [-0.3, -0.25) is 4.79 Å². The normalized spacial score (nSPS) is 25.6. The summed E-state index contributed by atoms with van der Waals surface area (Å²) in [6, 6.07) is 7.65. The first-order valence-corrected chi connectivity index (χ1v) is 13.5. The Hall–Kier alpha value is -2.41. The molecule has 2 aromatic carbocycles. The Bertz CT molecular complexity index is 1260. The average Bonchev–Trinajstić information content (AvgIpc) is 2.80. The van der Waals surface area contributed by atoms with Gasteiger partial charge in [0.15, 0.2) is 6.61 Å². The number of aliphatic hydroxyl groups is 1. The third-order valence-electron chi connectivity index (χ3n) is 6.98. The molecule has 0 aliphatic heterocycles. The number of benzene rings is 2. The molecule has 7 nitrogen and oxygen atoms in total. The Morgan fingerprint density at radius 2 is 1.76 bits per heavy atom. The highest BCUT2D eigenvalue weighted by Crippen LogP contribution is 2.47. The second kappa shape index (κ2) is 10.0. The summed E-state index contributed by atoms with van der Waals surface area (Å²) >= 11 is 5.63. The number of hydrogen-bond acceptors (Lipinski definition) is 5. The van der Waals surface area contributed by atoms with E-state index in [0.29, 0.717) is 12.8 Å². The molecule has 0 radical (unpaired) electrons. The zero-order valence-corrected chi connectivity index (χ0v) is 21.0. The number of sulfonamides is 1. The predicted molar refractivity (Wildman–Crippen MR) is 127 cm³/mol. The Balaban J connectivity index is 1.34. The van der Waals surface area contributed by atoms with Crippen molar-refractivity contribution in [2.75, 3.05) is 6.61 Å². The summed E-state index contributed by atoms with van der Waals surface area (Å²) in [7, 11) is -3.99. The van der Waals surface area contributed by atoms with Crippen molar-refractivity contribution < 1.29 is 40.6 Å². The quantitative estimate of drug-likeness (QED) is 0.422. The lowest BCUT2D eigenvalue weighted by atomic mass is 9.60. The molecule has 0 unspecified atom stereocenters. The fourth-order valence-corrected chi connectivity index (χ4v) is 6.81. The molecule has 0 saturated heterocycles. The highest BCUT2D eigenvalue weighted by atomic mass is 35.5. The fourth-order valence-electron chi connectivity index (χ4n) is 5.03. The van der Waals surface area contributed by atoms with Crippen molar-refractivity contribution in [2.24, 2.45) is 0 Å². The van der Waals surface area contributed by atoms with Gasteiger partial charge >= 0.3 is 6.18 Å². The topological polar surface area (TPSA) is 105 Å². The molecule has 3 fully saturated rings. The first-order chi connectivity index (χ1) is 17.2. The van der Waals surface area contributed by atoms with Crippen LogP contribution >= 0.6 is 11.6 Å². The first-order valence-electron chi connectivity index (χ1n) is 11.5. The lowest BCUT2D eigenvalue weighted by molar-refractivity contribution is -0.137. The number of fused-ring (bicyclic) bond motifs is 3. The molecular formula is C24H25ClF4N2O5S. The van der Waals surface area contributed by atoms with Crippen LogP contribution in [-0.2, 0) is 26.7 Å². The van der Waals surface area contributed by atoms with Crippen LogP contribution in [0.5, 0.6) is 5.75 Å². The van der Waals surface area contributed by atoms with Gasteiger partial charge in [-0.2, -0.15) is 13.2 Å². The Morgan fingerprint density at radius 3 is 2.32 bits per heavy atom. The van der Waals surface area contributed by atoms with Gasteiger partial charge < -0.3 is 15.2 Å². The third-order valence-corrected chi connectivity index (χ3v) is 8.72. The van der Waals surface area contributed by atoms with Crippen LogP contribution in [0.1, 0.15) is 43.2 Å². The maximum atomic E-state index is 13.5. The number of aliphatic hydroxyl groups excluding tert-OH is 1. The second-order valence-corrected chi connectivity index (χ2v) is 11.8. The van der Waals surface area contributed by atoms with Crippen LogP contribution in [-0.4, -0.2) is 43.2 Å². The zero-order chi connectivity index (χ0) is 27.1. The summed E-state index contributed by atoms with van der Waals surface area (Å²) in [6.07, 6.45) is -4.21. The standard InChI is InChI=1S/C24H25ClF4N2O5S/c25-18-6-5-17(11-19(18)26)36-13-21(33)30-22-7-9-23(10-8-22,20(32)12-22)31-37(34,35)14-15-1-3-16(4-2-15)24(27,28)29/h1-6,11,20,31-32H,7-10,12-14H2,(H,30,33)/t20-,22?,23?/m0/s1. The van der Waals surface area contributed by atoms with Crippen LogP contribution in [0.4, 0.5) is 17.6 Å². The molecule has 1 amide bonds. The monoisotopic (exact) mass is 564 g/mol. The summed E-state index contributed by atoms with van der Waals surface area (Å²) < 4.78 is 85.4. The molecule has 2 aromatic rings. The van der Waals surface area contributed by atoms with Crippen molar-refractivity contribution >= 4 is 27.5 Å². The summed E-state index contributed by atoms with van der Waals surface area (Å²) in [6.45, 7) is -0.385. The number of amides is 1. The van der Waals surface area contributed by atoms with Gasteiger partial charge in [0, 0.05) is 11.6 Å². The number of ether oxygens (including phenoxy) is 1. The van der Waals surface area contributed by atoms with E-state index in [1.165, 1.54) is 12.1 Å². The van der Waals surface area contributed by atoms with Gasteiger partial charge in [-0.15, -0.1) is 0 Å². The van der Waals surface area contributed by atoms with Gasteiger partial charge in [0.2, 0.25) is 10.0 Å². The van der Waals surface area contributed by atoms with Crippen LogP contribution in [0.2, 0.25) is 5.02 Å². The van der Waals surface area contributed by atoms with Crippen LogP contribution < -0.4 is 14.8 Å². The largest absolute Gasteiger partial charge is 0.484 e. The molecule has 3 aliphatic rings. The van der Waals surface area contributed by atoms with Crippen molar-refractivity contribution in [1.82, 2.24) is 10.0 Å². The van der Waals surface area contributed by atoms with E-state index in [-0.39, 0.29) is 42.2 Å². The summed E-state index contributed by atoms with van der Waals surface area (Å²) in [5.41, 5.74) is -2.57. The van der Waals surface area contributed by atoms with E-state index in [4.69, 9.17) is 16.3 Å². The lowest BCUT2D eigenvalue weighted by Crippen LogP contribution is -2.70. The predicted octanol–water partition coefficient (Wildman–Crippen LogP) is 3.93. The molecule has 202 valence electrons. The summed E-state index contributed by atoms with van der Waals surface area (Å²) in [5.74, 6) is -1.56. The van der Waals surface area contributed by atoms with Crippen molar-refractivity contribution in [3.05, 3.63) is 64.4 Å². The van der Waals surface area contributed by atoms with Crippen LogP contribution in [0.15, 0.2) is 42.5 Å². The summed E-state index contributed by atoms with van der Waals surface area (Å²) in [5, 5.41) is 13.7. The molecule has 1 atom stereocenters. The van der Waals surface area contributed by atoms with Crippen molar-refractivity contribution in [3.63, 3.8) is 0 Å². The van der Waals surface area contributed by atoms with Crippen LogP contribution in [0, 0.1) is 5.82 Å². The van der Waals surface area contributed by atoms with Crippen LogP contribution in [0.25, 0.3) is 0 Å². The van der Waals surface area contributed by atoms with E-state index in [1.807, 2.05) is 0 Å². The maximum absolute atomic E-state index is 13.5. The zero-order valence-electron chi connectivity index (χ0n) is 19.4. The second-order valence-electron chi connectivity index (χ2n) is 9.62. The van der Waals surface area contributed by atoms with E-state index in [0.717, 1.165) is 30.3 Å². The number of nitrogens with one attached hydrogen (secondary N) is 2. The first kappa shape index (κ1) is 27.6. The van der Waals surface area contributed by atoms with E-state index < -0.39 is 56.4 Å². The highest BCUT2D eigenvalue weighted by Gasteiger charge is 2.56. The molecule has 0 aromatic heterocycles. The van der Waals surface area contributed by atoms with Gasteiger partial charge in [0.25, 0.3) is 5.91 Å². The SMILES string of the molecule is O=C(COc1ccc(Cl)c(F)c1)NC12CCC(NS(=O)(=O)Cc3ccc(C(F)(F)F)cc3)(CC1)[C@@H](O)C2. The molecule has 3 aliphatic carbocycles. The van der Waals surface area contributed by atoms with E-state index in [2.05, 4.69) is 10.0 Å². The van der Waals surface area contributed by atoms with Crippen LogP contribution in [0.3, 0.4) is 0 Å². The van der Waals surface area contributed by atoms with E-state index >= 15 is 0 Å². The molecule has 3 saturated carbocycles. The van der Waals surface area contributed by atoms with Crippen molar-refractivity contribution in [2.45, 2.75) is 61.2 Å². The molecule has 37 heavy (non-hydrogen) atoms. The van der Waals surface area contributed by atoms with Gasteiger partial charge in [-0.25, -0.2) is 17.5 Å². The average molecular weight is 565 g/mol. The maximum Gasteiger partial charge on any atom is 0.416 e. The number of rotatable bonds is 8. The Kier molecular flexibility index (Phi) is 7.50. The molecular weight excluding hydrogens is 540 g/mol. The highest BCUT2D eigenvalue weighted by molar-refractivity contribution is 7.88. The van der Waals surface area contributed by atoms with Gasteiger partial charge in [-0.05, 0) is 61.9 Å². The molecule has 0 heterocycles. The third kappa shape index (κ3) is 6.36. The number of hydrogen-bond donors (Lipinski definition) is 3. The molecule has 5 rings (SSSR count). The molecule has 3 N–H and O–H groups in total. The minimum absolute atomic E-state index is 0.0763. The smallest absolute Gasteiger partial charge is 0.416 e. The summed E-state index contributed by atoms with van der Waals surface area (Å²) in [4.78, 5) is 12.5. The van der Waals surface area contributed by atoms with Crippen molar-refractivity contribution in [3.8, 4) is 5.75 Å². The number of carbonyl (C=O) groups is 1. The van der Waals surface area contributed by atoms with Gasteiger partial charge in [0.05, 0.1) is 28.0 Å². The lowest BCUT2D eigenvalue weighted by Gasteiger charge is -2.56. The minimum Gasteiger partial charge on any atom is -0.484 e. The molecule has 13 heteroatoms. The van der Waals surface area contributed by atoms with Gasteiger partial charge in [0.1, 0.15) is 11.6 Å². The number of carbonyl (C=O) groups excluding carboxylic acids is 1. The Morgan fingerprint density at radius 1 is 1.11 bits per heavy atom. The van der Waals surface area contributed by atoms with E-state index in [9.17, 15) is 35.9 Å². The minimum atomic E-state index is -4.52. The molecule has 2 bridgehead atoms. The van der Waals surface area contributed by atoms with Gasteiger partial charge in [-0.1, -0.05) is 23.7 Å². The Labute approximate surface area is 216 Å². The fraction of sp³-hybridized carbons (Fsp3) is 0.458. The molecule has 0 spiro atoms.